The molecular formula is C15H29N3. The predicted molar refractivity (Wildman–Crippen MR) is 77.5 cm³/mol. The van der Waals surface area contributed by atoms with Crippen molar-refractivity contribution in [3.8, 4) is 0 Å². The highest BCUT2D eigenvalue weighted by molar-refractivity contribution is 4.91. The molecule has 0 aliphatic rings. The van der Waals surface area contributed by atoms with Crippen LogP contribution < -0.4 is 5.32 Å². The molecule has 0 radical (unpaired) electrons. The van der Waals surface area contributed by atoms with E-state index in [1.54, 1.807) is 0 Å². The van der Waals surface area contributed by atoms with Crippen LogP contribution in [0, 0.1) is 5.41 Å². The molecule has 1 heterocycles. The monoisotopic (exact) mass is 251 g/mol. The van der Waals surface area contributed by atoms with E-state index in [2.05, 4.69) is 42.6 Å². The van der Waals surface area contributed by atoms with E-state index in [-0.39, 0.29) is 0 Å². The molecule has 18 heavy (non-hydrogen) atoms. The normalized spacial score (nSPS) is 12.0. The molecule has 3 heteroatoms. The van der Waals surface area contributed by atoms with Crippen LogP contribution in [0.5, 0.6) is 0 Å². The van der Waals surface area contributed by atoms with Gasteiger partial charge < -0.3 is 9.88 Å². The summed E-state index contributed by atoms with van der Waals surface area (Å²) in [7, 11) is 0. The van der Waals surface area contributed by atoms with Gasteiger partial charge in [-0.2, -0.15) is 0 Å². The lowest BCUT2D eigenvalue weighted by molar-refractivity contribution is 0.300. The van der Waals surface area contributed by atoms with E-state index in [0.29, 0.717) is 5.41 Å². The summed E-state index contributed by atoms with van der Waals surface area (Å²) in [5, 5.41) is 3.55. The number of aryl methyl sites for hydroxylation is 1. The van der Waals surface area contributed by atoms with Crippen LogP contribution >= 0.6 is 0 Å². The van der Waals surface area contributed by atoms with E-state index in [4.69, 9.17) is 0 Å². The molecule has 1 N–H and O–H groups in total. The van der Waals surface area contributed by atoms with Crippen molar-refractivity contribution in [1.29, 1.82) is 0 Å². The average molecular weight is 251 g/mol. The van der Waals surface area contributed by atoms with Gasteiger partial charge in [0.05, 0.1) is 6.54 Å². The average Bonchev–Trinajstić information content (AvgIpc) is 2.76. The Morgan fingerprint density at radius 1 is 1.28 bits per heavy atom. The molecule has 0 aliphatic heterocycles. The zero-order valence-corrected chi connectivity index (χ0v) is 12.5. The Morgan fingerprint density at radius 2 is 2.06 bits per heavy atom. The van der Waals surface area contributed by atoms with Crippen molar-refractivity contribution in [3.63, 3.8) is 0 Å². The van der Waals surface area contributed by atoms with Crippen molar-refractivity contribution in [2.75, 3.05) is 6.54 Å². The summed E-state index contributed by atoms with van der Waals surface area (Å²) in [6.45, 7) is 12.0. The first-order valence-electron chi connectivity index (χ1n) is 7.30. The molecule has 104 valence electrons. The fourth-order valence-corrected chi connectivity index (χ4v) is 2.25. The number of nitrogens with one attached hydrogen (secondary N) is 1. The first-order chi connectivity index (χ1) is 8.59. The number of hydrogen-bond donors (Lipinski definition) is 1. The summed E-state index contributed by atoms with van der Waals surface area (Å²) in [5.74, 6) is 1.14. The van der Waals surface area contributed by atoms with Crippen molar-refractivity contribution in [3.05, 3.63) is 18.2 Å². The number of rotatable bonds is 9. The highest BCUT2D eigenvalue weighted by atomic mass is 15.1. The lowest BCUT2D eigenvalue weighted by atomic mass is 9.87. The molecule has 1 aromatic rings. The Hall–Kier alpha value is -0.830. The van der Waals surface area contributed by atoms with Crippen molar-refractivity contribution < 1.29 is 0 Å². The molecule has 1 rings (SSSR count). The first-order valence-corrected chi connectivity index (χ1v) is 7.30. The van der Waals surface area contributed by atoms with Crippen LogP contribution in [-0.4, -0.2) is 16.1 Å². The van der Waals surface area contributed by atoms with Crippen LogP contribution in [0.1, 0.15) is 59.2 Å². The van der Waals surface area contributed by atoms with E-state index >= 15 is 0 Å². The quantitative estimate of drug-likeness (QED) is 0.680. The molecule has 0 atom stereocenters. The highest BCUT2D eigenvalue weighted by Crippen LogP contribution is 2.22. The van der Waals surface area contributed by atoms with Gasteiger partial charge in [-0.15, -0.1) is 0 Å². The lowest BCUT2D eigenvalue weighted by Crippen LogP contribution is -2.30. The maximum absolute atomic E-state index is 4.38. The molecule has 0 aliphatic carbocycles. The number of nitrogens with zero attached hydrogens (tertiary/aromatic N) is 2. The topological polar surface area (TPSA) is 29.9 Å². The standard InChI is InChI=1S/C15H29N3/c1-5-7-8-9-15(3,4)13-16-12-14-17-10-11-18(14)6-2/h10-11,16H,5-9,12-13H2,1-4H3. The predicted octanol–water partition coefficient (Wildman–Crippen LogP) is 3.60. The summed E-state index contributed by atoms with van der Waals surface area (Å²) in [6, 6.07) is 0. The second-order valence-electron chi connectivity index (χ2n) is 5.85. The van der Waals surface area contributed by atoms with Gasteiger partial charge in [0.25, 0.3) is 0 Å². The number of hydrogen-bond acceptors (Lipinski definition) is 2. The van der Waals surface area contributed by atoms with E-state index < -0.39 is 0 Å². The van der Waals surface area contributed by atoms with E-state index in [1.807, 2.05) is 12.4 Å². The third-order valence-electron chi connectivity index (χ3n) is 3.49. The zero-order chi connectivity index (χ0) is 13.4. The van der Waals surface area contributed by atoms with Gasteiger partial charge in [0, 0.05) is 25.5 Å². The van der Waals surface area contributed by atoms with Gasteiger partial charge in [-0.05, 0) is 18.8 Å². The number of imidazole rings is 1. The Kier molecular flexibility index (Phi) is 6.41. The Labute approximate surface area is 112 Å². The van der Waals surface area contributed by atoms with Gasteiger partial charge in [0.1, 0.15) is 5.82 Å². The summed E-state index contributed by atoms with van der Waals surface area (Å²) in [6.07, 6.45) is 9.22. The summed E-state index contributed by atoms with van der Waals surface area (Å²) in [5.41, 5.74) is 0.388. The smallest absolute Gasteiger partial charge is 0.122 e. The molecule has 0 bridgehead atoms. The maximum atomic E-state index is 4.38. The van der Waals surface area contributed by atoms with E-state index in [0.717, 1.165) is 25.5 Å². The van der Waals surface area contributed by atoms with Crippen LogP contribution in [0.4, 0.5) is 0 Å². The van der Waals surface area contributed by atoms with Crippen LogP contribution in [0.15, 0.2) is 12.4 Å². The third-order valence-corrected chi connectivity index (χ3v) is 3.49. The van der Waals surface area contributed by atoms with Crippen molar-refractivity contribution in [1.82, 2.24) is 14.9 Å². The largest absolute Gasteiger partial charge is 0.334 e. The number of aromatic nitrogens is 2. The minimum atomic E-state index is 0.388. The molecule has 1 aromatic heterocycles. The second-order valence-corrected chi connectivity index (χ2v) is 5.85. The van der Waals surface area contributed by atoms with Gasteiger partial charge in [0.2, 0.25) is 0 Å². The fourth-order valence-electron chi connectivity index (χ4n) is 2.25. The van der Waals surface area contributed by atoms with Crippen LogP contribution in [0.2, 0.25) is 0 Å². The van der Waals surface area contributed by atoms with Crippen molar-refractivity contribution in [2.45, 2.75) is 66.5 Å². The fraction of sp³-hybridized carbons (Fsp3) is 0.800. The van der Waals surface area contributed by atoms with Crippen LogP contribution in [-0.2, 0) is 13.1 Å². The van der Waals surface area contributed by atoms with Crippen LogP contribution in [0.3, 0.4) is 0 Å². The minimum absolute atomic E-state index is 0.388. The van der Waals surface area contributed by atoms with Gasteiger partial charge in [-0.3, -0.25) is 0 Å². The molecular weight excluding hydrogens is 222 g/mol. The second kappa shape index (κ2) is 7.57. The first kappa shape index (κ1) is 15.2. The zero-order valence-electron chi connectivity index (χ0n) is 12.5. The number of unbranched alkanes of at least 4 members (excludes halogenated alkanes) is 2. The maximum Gasteiger partial charge on any atom is 0.122 e. The highest BCUT2D eigenvalue weighted by Gasteiger charge is 2.16. The van der Waals surface area contributed by atoms with Gasteiger partial charge in [-0.1, -0.05) is 40.0 Å². The van der Waals surface area contributed by atoms with Gasteiger partial charge in [-0.25, -0.2) is 4.98 Å². The van der Waals surface area contributed by atoms with Crippen LogP contribution in [0.25, 0.3) is 0 Å². The molecule has 0 spiro atoms. The molecule has 0 amide bonds. The van der Waals surface area contributed by atoms with Gasteiger partial charge in [0.15, 0.2) is 0 Å². The van der Waals surface area contributed by atoms with Gasteiger partial charge >= 0.3 is 0 Å². The Morgan fingerprint density at radius 3 is 2.72 bits per heavy atom. The lowest BCUT2D eigenvalue weighted by Gasteiger charge is -2.25. The Balaban J connectivity index is 2.27. The molecule has 0 fully saturated rings. The molecule has 0 aromatic carbocycles. The summed E-state index contributed by atoms with van der Waals surface area (Å²) in [4.78, 5) is 4.38. The molecule has 0 saturated heterocycles. The van der Waals surface area contributed by atoms with E-state index in [9.17, 15) is 0 Å². The third kappa shape index (κ3) is 5.21. The van der Waals surface area contributed by atoms with E-state index in [1.165, 1.54) is 25.7 Å². The SMILES string of the molecule is CCCCCC(C)(C)CNCc1nccn1CC. The Bertz CT molecular complexity index is 328. The van der Waals surface area contributed by atoms with Crippen molar-refractivity contribution in [2.24, 2.45) is 5.41 Å². The summed E-state index contributed by atoms with van der Waals surface area (Å²) >= 11 is 0. The molecule has 0 unspecified atom stereocenters. The minimum Gasteiger partial charge on any atom is -0.334 e. The molecule has 3 nitrogen and oxygen atoms in total. The summed E-state index contributed by atoms with van der Waals surface area (Å²) < 4.78 is 2.19. The molecule has 0 saturated carbocycles. The van der Waals surface area contributed by atoms with Crippen molar-refractivity contribution >= 4 is 0 Å².